The third-order valence-electron chi connectivity index (χ3n) is 3.91. The van der Waals surface area contributed by atoms with Gasteiger partial charge in [-0.1, -0.05) is 17.7 Å². The second kappa shape index (κ2) is 8.44. The summed E-state index contributed by atoms with van der Waals surface area (Å²) in [7, 11) is 0. The van der Waals surface area contributed by atoms with Gasteiger partial charge in [-0.05, 0) is 38.5 Å². The molecule has 0 aliphatic heterocycles. The van der Waals surface area contributed by atoms with Gasteiger partial charge >= 0.3 is 0 Å². The van der Waals surface area contributed by atoms with Crippen molar-refractivity contribution in [1.29, 1.82) is 0 Å². The summed E-state index contributed by atoms with van der Waals surface area (Å²) in [4.78, 5) is 8.73. The summed E-state index contributed by atoms with van der Waals surface area (Å²) in [6, 6.07) is 5.69. The van der Waals surface area contributed by atoms with Gasteiger partial charge < -0.3 is 14.8 Å². The molecule has 3 rings (SSSR count). The highest BCUT2D eigenvalue weighted by atomic mass is 35.5. The maximum Gasteiger partial charge on any atom is 0.174 e. The smallest absolute Gasteiger partial charge is 0.174 e. The molecule has 1 N–H and O–H groups in total. The minimum absolute atomic E-state index is 0.333. The Kier molecular flexibility index (Phi) is 6.03. The Bertz CT molecular complexity index is 877. The zero-order valence-corrected chi connectivity index (χ0v) is 15.8. The Balaban J connectivity index is 1.90. The quantitative estimate of drug-likeness (QED) is 0.606. The van der Waals surface area contributed by atoms with Crippen LogP contribution in [0.3, 0.4) is 0 Å². The van der Waals surface area contributed by atoms with Crippen molar-refractivity contribution in [2.75, 3.05) is 25.1 Å². The fraction of sp³-hybridized carbons (Fsp3) is 0.389. The lowest BCUT2D eigenvalue weighted by Crippen LogP contribution is -2.26. The number of aromatic nitrogens is 4. The summed E-state index contributed by atoms with van der Waals surface area (Å²) in [6.07, 6.45) is 2.92. The molecule has 0 unspecified atom stereocenters. The van der Waals surface area contributed by atoms with Crippen molar-refractivity contribution in [3.05, 3.63) is 41.3 Å². The highest BCUT2D eigenvalue weighted by Gasteiger charge is 2.14. The van der Waals surface area contributed by atoms with Crippen LogP contribution < -0.4 is 5.32 Å². The maximum absolute atomic E-state index is 6.15. The van der Waals surface area contributed by atoms with E-state index in [4.69, 9.17) is 21.1 Å². The molecule has 0 fully saturated rings. The average Bonchev–Trinajstić information content (AvgIpc) is 3.06. The summed E-state index contributed by atoms with van der Waals surface area (Å²) in [5.74, 6) is 0.685. The van der Waals surface area contributed by atoms with Crippen molar-refractivity contribution in [2.24, 2.45) is 0 Å². The number of rotatable bonds is 8. The number of anilines is 1. The number of ether oxygens (including phenoxy) is 2. The Morgan fingerprint density at radius 2 is 1.96 bits per heavy atom. The molecule has 138 valence electrons. The summed E-state index contributed by atoms with van der Waals surface area (Å²) in [5.41, 5.74) is 2.65. The molecule has 0 amide bonds. The van der Waals surface area contributed by atoms with Crippen molar-refractivity contribution in [1.82, 2.24) is 19.7 Å². The fourth-order valence-electron chi connectivity index (χ4n) is 2.69. The molecule has 26 heavy (non-hydrogen) atoms. The first-order valence-electron chi connectivity index (χ1n) is 8.56. The molecule has 0 aliphatic carbocycles. The Morgan fingerprint density at radius 3 is 2.69 bits per heavy atom. The maximum atomic E-state index is 6.15. The number of halogens is 1. The van der Waals surface area contributed by atoms with Crippen LogP contribution in [-0.2, 0) is 9.47 Å². The van der Waals surface area contributed by atoms with Gasteiger partial charge in [0.2, 0.25) is 0 Å². The molecule has 3 aromatic rings. The normalized spacial score (nSPS) is 11.4. The van der Waals surface area contributed by atoms with Gasteiger partial charge in [0.05, 0.1) is 23.8 Å². The number of benzene rings is 1. The zero-order chi connectivity index (χ0) is 18.5. The molecule has 0 spiro atoms. The average molecular weight is 376 g/mol. The third kappa shape index (κ3) is 3.95. The largest absolute Gasteiger partial charge is 0.364 e. The Hall–Kier alpha value is -2.22. The van der Waals surface area contributed by atoms with E-state index in [0.29, 0.717) is 36.2 Å². The molecule has 0 atom stereocenters. The number of hydrogen-bond acceptors (Lipinski definition) is 6. The van der Waals surface area contributed by atoms with E-state index in [1.54, 1.807) is 10.9 Å². The summed E-state index contributed by atoms with van der Waals surface area (Å²) < 4.78 is 12.9. The van der Waals surface area contributed by atoms with Gasteiger partial charge in [-0.25, -0.2) is 14.6 Å². The first-order chi connectivity index (χ1) is 12.6. The van der Waals surface area contributed by atoms with Crippen molar-refractivity contribution in [3.63, 3.8) is 0 Å². The minimum Gasteiger partial charge on any atom is -0.364 e. The van der Waals surface area contributed by atoms with E-state index < -0.39 is 0 Å². The molecule has 2 heterocycles. The van der Waals surface area contributed by atoms with Gasteiger partial charge in [-0.3, -0.25) is 0 Å². The van der Waals surface area contributed by atoms with Crippen LogP contribution in [0.4, 0.5) is 5.82 Å². The van der Waals surface area contributed by atoms with Gasteiger partial charge in [-0.15, -0.1) is 0 Å². The van der Waals surface area contributed by atoms with Crippen LogP contribution in [0.1, 0.15) is 19.4 Å². The van der Waals surface area contributed by atoms with E-state index in [-0.39, 0.29) is 6.29 Å². The van der Waals surface area contributed by atoms with E-state index in [1.807, 2.05) is 39.0 Å². The Morgan fingerprint density at radius 1 is 1.19 bits per heavy atom. The van der Waals surface area contributed by atoms with Gasteiger partial charge in [0.1, 0.15) is 12.1 Å². The van der Waals surface area contributed by atoms with Crippen LogP contribution in [-0.4, -0.2) is 45.8 Å². The predicted octanol–water partition coefficient (Wildman–Crippen LogP) is 3.59. The monoisotopic (exact) mass is 375 g/mol. The van der Waals surface area contributed by atoms with Gasteiger partial charge in [-0.2, -0.15) is 5.10 Å². The van der Waals surface area contributed by atoms with Gasteiger partial charge in [0.15, 0.2) is 11.9 Å². The number of nitrogens with zero attached hydrogens (tertiary/aromatic N) is 4. The lowest BCUT2D eigenvalue weighted by molar-refractivity contribution is -0.126. The lowest BCUT2D eigenvalue weighted by Gasteiger charge is -2.17. The van der Waals surface area contributed by atoms with Crippen LogP contribution in [0.5, 0.6) is 0 Å². The predicted molar refractivity (Wildman–Crippen MR) is 102 cm³/mol. The molecular formula is C18H22ClN5O2. The van der Waals surface area contributed by atoms with Crippen molar-refractivity contribution in [2.45, 2.75) is 27.1 Å². The van der Waals surface area contributed by atoms with E-state index in [2.05, 4.69) is 20.4 Å². The SMILES string of the molecule is CCOC(CNc1ncnc2c1cnn2-c1cc(Cl)ccc1C)OCC. The molecule has 7 nitrogen and oxygen atoms in total. The molecule has 0 saturated heterocycles. The van der Waals surface area contributed by atoms with Crippen LogP contribution in [0.25, 0.3) is 16.7 Å². The van der Waals surface area contributed by atoms with Crippen LogP contribution in [0.15, 0.2) is 30.7 Å². The van der Waals surface area contributed by atoms with Crippen LogP contribution in [0.2, 0.25) is 5.02 Å². The van der Waals surface area contributed by atoms with E-state index in [0.717, 1.165) is 16.6 Å². The lowest BCUT2D eigenvalue weighted by atomic mass is 10.2. The highest BCUT2D eigenvalue weighted by molar-refractivity contribution is 6.30. The van der Waals surface area contributed by atoms with E-state index >= 15 is 0 Å². The van der Waals surface area contributed by atoms with E-state index in [9.17, 15) is 0 Å². The molecule has 8 heteroatoms. The van der Waals surface area contributed by atoms with Gasteiger partial charge in [0, 0.05) is 18.2 Å². The summed E-state index contributed by atoms with van der Waals surface area (Å²) in [5, 5.41) is 9.22. The molecule has 0 radical (unpaired) electrons. The minimum atomic E-state index is -0.333. The first kappa shape index (κ1) is 18.6. The number of nitrogens with one attached hydrogen (secondary N) is 1. The molecule has 0 saturated carbocycles. The molecule has 1 aromatic carbocycles. The zero-order valence-electron chi connectivity index (χ0n) is 15.1. The van der Waals surface area contributed by atoms with Crippen molar-refractivity contribution < 1.29 is 9.47 Å². The number of aryl methyl sites for hydroxylation is 1. The van der Waals surface area contributed by atoms with E-state index in [1.165, 1.54) is 6.33 Å². The fourth-order valence-corrected chi connectivity index (χ4v) is 2.86. The van der Waals surface area contributed by atoms with Crippen LogP contribution >= 0.6 is 11.6 Å². The molecule has 0 aliphatic rings. The second-order valence-electron chi connectivity index (χ2n) is 5.67. The number of fused-ring (bicyclic) bond motifs is 1. The van der Waals surface area contributed by atoms with Crippen molar-refractivity contribution in [3.8, 4) is 5.69 Å². The highest BCUT2D eigenvalue weighted by Crippen LogP contribution is 2.25. The summed E-state index contributed by atoms with van der Waals surface area (Å²) in [6.45, 7) is 7.52. The Labute approximate surface area is 157 Å². The first-order valence-corrected chi connectivity index (χ1v) is 8.94. The van der Waals surface area contributed by atoms with Crippen molar-refractivity contribution >= 4 is 28.5 Å². The standard InChI is InChI=1S/C18H22ClN5O2/c1-4-25-16(26-5-2)10-20-17-14-9-23-24(18(14)22-11-21-17)15-8-13(19)7-6-12(15)3/h6-9,11,16H,4-5,10H2,1-3H3,(H,20,21,22). The van der Waals surface area contributed by atoms with Gasteiger partial charge in [0.25, 0.3) is 0 Å². The topological polar surface area (TPSA) is 74.1 Å². The van der Waals surface area contributed by atoms with Crippen LogP contribution in [0, 0.1) is 6.92 Å². The molecular weight excluding hydrogens is 354 g/mol. The summed E-state index contributed by atoms with van der Waals surface area (Å²) >= 11 is 6.15. The second-order valence-corrected chi connectivity index (χ2v) is 6.10. The molecule has 0 bridgehead atoms. The third-order valence-corrected chi connectivity index (χ3v) is 4.14. The molecule has 2 aromatic heterocycles. The number of hydrogen-bond donors (Lipinski definition) is 1.